The first-order valence-electron chi connectivity index (χ1n) is 4.78. The van der Waals surface area contributed by atoms with Gasteiger partial charge in [-0.15, -0.1) is 0 Å². The molecule has 0 bridgehead atoms. The van der Waals surface area contributed by atoms with E-state index in [1.54, 1.807) is 6.92 Å². The maximum atomic E-state index is 11.7. The Morgan fingerprint density at radius 3 is 2.43 bits per heavy atom. The Labute approximate surface area is 84.6 Å². The van der Waals surface area contributed by atoms with Crippen molar-refractivity contribution in [3.8, 4) is 0 Å². The van der Waals surface area contributed by atoms with Gasteiger partial charge in [0.25, 0.3) is 0 Å². The Bertz CT molecular complexity index is 307. The molecule has 1 aliphatic carbocycles. The van der Waals surface area contributed by atoms with Crippen LogP contribution in [0.4, 0.5) is 0 Å². The molecule has 0 aromatic heterocycles. The molecule has 1 unspecified atom stereocenters. The Morgan fingerprint density at radius 2 is 2.00 bits per heavy atom. The van der Waals surface area contributed by atoms with Gasteiger partial charge in [0.1, 0.15) is 5.84 Å². The van der Waals surface area contributed by atoms with E-state index in [1.165, 1.54) is 0 Å². The molecule has 0 spiro atoms. The zero-order valence-electron chi connectivity index (χ0n) is 8.29. The molecule has 1 atom stereocenters. The number of sulfonamides is 1. The summed E-state index contributed by atoms with van der Waals surface area (Å²) in [5, 5.41) is 6.81. The van der Waals surface area contributed by atoms with Gasteiger partial charge in [-0.2, -0.15) is 0 Å². The summed E-state index contributed by atoms with van der Waals surface area (Å²) in [6.07, 6.45) is 3.39. The number of amidine groups is 1. The van der Waals surface area contributed by atoms with E-state index < -0.39 is 16.1 Å². The summed E-state index contributed by atoms with van der Waals surface area (Å²) in [6.45, 7) is 1.58. The summed E-state index contributed by atoms with van der Waals surface area (Å²) in [5.41, 5.74) is 5.20. The van der Waals surface area contributed by atoms with E-state index >= 15 is 0 Å². The molecule has 0 aromatic rings. The van der Waals surface area contributed by atoms with E-state index in [-0.39, 0.29) is 11.1 Å². The van der Waals surface area contributed by atoms with E-state index in [9.17, 15) is 8.42 Å². The van der Waals surface area contributed by atoms with Gasteiger partial charge in [0.2, 0.25) is 10.0 Å². The quantitative estimate of drug-likeness (QED) is 0.464. The normalized spacial score (nSPS) is 20.9. The number of hydrogen-bond acceptors (Lipinski definition) is 3. The Balaban J connectivity index is 2.61. The zero-order valence-corrected chi connectivity index (χ0v) is 9.10. The molecule has 1 fully saturated rings. The average Bonchev–Trinajstić information content (AvgIpc) is 2.54. The highest BCUT2D eigenvalue weighted by Gasteiger charge is 2.29. The summed E-state index contributed by atoms with van der Waals surface area (Å²) in [6, 6.07) is -0.597. The summed E-state index contributed by atoms with van der Waals surface area (Å²) < 4.78 is 25.8. The minimum atomic E-state index is -3.28. The van der Waals surface area contributed by atoms with Crippen molar-refractivity contribution in [1.82, 2.24) is 4.72 Å². The molecular weight excluding hydrogens is 202 g/mol. The standard InChI is InChI=1S/C8H17N3O2S/c1-6(8(9)10)11-14(12,13)7-4-2-3-5-7/h6-7,11H,2-5H2,1H3,(H3,9,10). The molecule has 6 heteroatoms. The minimum Gasteiger partial charge on any atom is -0.386 e. The molecular formula is C8H17N3O2S. The monoisotopic (exact) mass is 219 g/mol. The van der Waals surface area contributed by atoms with Crippen LogP contribution in [0.5, 0.6) is 0 Å². The highest BCUT2D eigenvalue weighted by molar-refractivity contribution is 7.90. The van der Waals surface area contributed by atoms with Gasteiger partial charge in [0.15, 0.2) is 0 Å². The lowest BCUT2D eigenvalue weighted by Crippen LogP contribution is -2.45. The smallest absolute Gasteiger partial charge is 0.215 e. The van der Waals surface area contributed by atoms with Crippen molar-refractivity contribution < 1.29 is 8.42 Å². The predicted molar refractivity (Wildman–Crippen MR) is 55.7 cm³/mol. The summed E-state index contributed by atoms with van der Waals surface area (Å²) in [5.74, 6) is -0.147. The second-order valence-corrected chi connectivity index (χ2v) is 5.74. The maximum Gasteiger partial charge on any atom is 0.215 e. The van der Waals surface area contributed by atoms with Crippen LogP contribution >= 0.6 is 0 Å². The van der Waals surface area contributed by atoms with Gasteiger partial charge in [-0.25, -0.2) is 13.1 Å². The minimum absolute atomic E-state index is 0.147. The summed E-state index contributed by atoms with van der Waals surface area (Å²) in [7, 11) is -3.28. The van der Waals surface area contributed by atoms with Gasteiger partial charge in [-0.1, -0.05) is 12.8 Å². The van der Waals surface area contributed by atoms with Crippen LogP contribution in [0.2, 0.25) is 0 Å². The highest BCUT2D eigenvalue weighted by Crippen LogP contribution is 2.23. The molecule has 0 heterocycles. The van der Waals surface area contributed by atoms with E-state index in [2.05, 4.69) is 4.72 Å². The number of rotatable bonds is 4. The third-order valence-electron chi connectivity index (χ3n) is 2.55. The van der Waals surface area contributed by atoms with Crippen LogP contribution in [0.1, 0.15) is 32.6 Å². The molecule has 0 saturated heterocycles. The van der Waals surface area contributed by atoms with Gasteiger partial charge < -0.3 is 5.73 Å². The fourth-order valence-electron chi connectivity index (χ4n) is 1.60. The molecule has 82 valence electrons. The molecule has 0 amide bonds. The Hall–Kier alpha value is -0.620. The molecule has 4 N–H and O–H groups in total. The van der Waals surface area contributed by atoms with Crippen molar-refractivity contribution in [1.29, 1.82) is 5.41 Å². The van der Waals surface area contributed by atoms with Gasteiger partial charge in [0, 0.05) is 0 Å². The van der Waals surface area contributed by atoms with Crippen LogP contribution in [-0.2, 0) is 10.0 Å². The molecule has 0 aliphatic heterocycles. The van der Waals surface area contributed by atoms with Crippen LogP contribution in [0.3, 0.4) is 0 Å². The third kappa shape index (κ3) is 2.68. The Morgan fingerprint density at radius 1 is 1.50 bits per heavy atom. The first-order valence-corrected chi connectivity index (χ1v) is 6.33. The van der Waals surface area contributed by atoms with Crippen LogP contribution < -0.4 is 10.5 Å². The lowest BCUT2D eigenvalue weighted by Gasteiger charge is -2.16. The summed E-state index contributed by atoms with van der Waals surface area (Å²) >= 11 is 0. The SMILES string of the molecule is CC(NS(=O)(=O)C1CCCC1)C(=N)N. The second-order valence-electron chi connectivity index (χ2n) is 3.75. The van der Waals surface area contributed by atoms with Crippen molar-refractivity contribution >= 4 is 15.9 Å². The van der Waals surface area contributed by atoms with E-state index in [0.29, 0.717) is 0 Å². The van der Waals surface area contributed by atoms with E-state index in [1.807, 2.05) is 0 Å². The van der Waals surface area contributed by atoms with Crippen molar-refractivity contribution in [2.45, 2.75) is 43.9 Å². The van der Waals surface area contributed by atoms with Gasteiger partial charge in [0.05, 0.1) is 11.3 Å². The first-order chi connectivity index (χ1) is 6.43. The topological polar surface area (TPSA) is 96.0 Å². The fraction of sp³-hybridized carbons (Fsp3) is 0.875. The van der Waals surface area contributed by atoms with Crippen molar-refractivity contribution in [3.05, 3.63) is 0 Å². The number of nitrogens with one attached hydrogen (secondary N) is 2. The number of nitrogens with two attached hydrogens (primary N) is 1. The van der Waals surface area contributed by atoms with Crippen molar-refractivity contribution in [3.63, 3.8) is 0 Å². The van der Waals surface area contributed by atoms with Crippen LogP contribution in [0.15, 0.2) is 0 Å². The average molecular weight is 219 g/mol. The predicted octanol–water partition coefficient (Wildman–Crippen LogP) is 0.173. The molecule has 1 rings (SSSR count). The molecule has 14 heavy (non-hydrogen) atoms. The maximum absolute atomic E-state index is 11.7. The largest absolute Gasteiger partial charge is 0.386 e. The van der Waals surface area contributed by atoms with Gasteiger partial charge >= 0.3 is 0 Å². The van der Waals surface area contributed by atoms with Crippen LogP contribution in [-0.4, -0.2) is 25.5 Å². The van der Waals surface area contributed by atoms with E-state index in [4.69, 9.17) is 11.1 Å². The first kappa shape index (κ1) is 11.5. The molecule has 5 nitrogen and oxygen atoms in total. The second kappa shape index (κ2) is 4.27. The van der Waals surface area contributed by atoms with E-state index in [0.717, 1.165) is 25.7 Å². The van der Waals surface area contributed by atoms with Crippen molar-refractivity contribution in [2.24, 2.45) is 5.73 Å². The summed E-state index contributed by atoms with van der Waals surface area (Å²) in [4.78, 5) is 0. The van der Waals surface area contributed by atoms with Gasteiger partial charge in [-0.3, -0.25) is 5.41 Å². The molecule has 0 aromatic carbocycles. The number of hydrogen-bond donors (Lipinski definition) is 3. The highest BCUT2D eigenvalue weighted by atomic mass is 32.2. The van der Waals surface area contributed by atoms with Crippen LogP contribution in [0.25, 0.3) is 0 Å². The fourth-order valence-corrected chi connectivity index (χ4v) is 3.37. The lowest BCUT2D eigenvalue weighted by molar-refractivity contribution is 0.561. The zero-order chi connectivity index (χ0) is 10.8. The van der Waals surface area contributed by atoms with Crippen LogP contribution in [0, 0.1) is 5.41 Å². The third-order valence-corrected chi connectivity index (χ3v) is 4.58. The lowest BCUT2D eigenvalue weighted by atomic mass is 10.3. The van der Waals surface area contributed by atoms with Gasteiger partial charge in [-0.05, 0) is 19.8 Å². The van der Waals surface area contributed by atoms with Crippen molar-refractivity contribution in [2.75, 3.05) is 0 Å². The molecule has 0 radical (unpaired) electrons. The Kier molecular flexibility index (Phi) is 3.49. The molecule has 1 aliphatic rings. The molecule has 1 saturated carbocycles.